The minimum Gasteiger partial charge on any atom is -0.338 e. The van der Waals surface area contributed by atoms with Crippen LogP contribution < -0.4 is 4.90 Å². The van der Waals surface area contributed by atoms with Crippen LogP contribution in [-0.4, -0.2) is 36.9 Å². The number of aryl methyl sites for hydroxylation is 2. The van der Waals surface area contributed by atoms with E-state index < -0.39 is 0 Å². The van der Waals surface area contributed by atoms with E-state index in [2.05, 4.69) is 15.9 Å². The largest absolute Gasteiger partial charge is 0.338 e. The monoisotopic (exact) mass is 428 g/mol. The third-order valence-electron chi connectivity index (χ3n) is 5.21. The van der Waals surface area contributed by atoms with Gasteiger partial charge in [-0.15, -0.1) is 0 Å². The van der Waals surface area contributed by atoms with E-state index in [0.29, 0.717) is 18.7 Å². The van der Waals surface area contributed by atoms with Crippen molar-refractivity contribution in [1.29, 1.82) is 0 Å². The van der Waals surface area contributed by atoms with Crippen LogP contribution in [0.4, 0.5) is 5.69 Å². The van der Waals surface area contributed by atoms with Gasteiger partial charge in [0.05, 0.1) is 5.92 Å². The van der Waals surface area contributed by atoms with Crippen molar-refractivity contribution < 1.29 is 9.59 Å². The van der Waals surface area contributed by atoms with Crippen LogP contribution in [0, 0.1) is 19.8 Å². The van der Waals surface area contributed by atoms with Gasteiger partial charge in [0.15, 0.2) is 0 Å². The van der Waals surface area contributed by atoms with E-state index in [4.69, 9.17) is 0 Å². The van der Waals surface area contributed by atoms with E-state index in [0.717, 1.165) is 34.1 Å². The summed E-state index contributed by atoms with van der Waals surface area (Å²) in [6, 6.07) is 13.5. The third-order valence-corrected chi connectivity index (χ3v) is 5.70. The molecule has 0 spiro atoms. The van der Waals surface area contributed by atoms with Crippen molar-refractivity contribution in [3.63, 3.8) is 0 Å². The molecule has 1 aliphatic rings. The first-order chi connectivity index (χ1) is 12.9. The van der Waals surface area contributed by atoms with E-state index in [1.54, 1.807) is 4.90 Å². The minimum absolute atomic E-state index is 0.00924. The molecule has 0 radical (unpaired) electrons. The molecule has 2 aromatic carbocycles. The van der Waals surface area contributed by atoms with Crippen LogP contribution in [-0.2, 0) is 4.79 Å². The zero-order chi connectivity index (χ0) is 19.6. The van der Waals surface area contributed by atoms with Crippen LogP contribution in [0.25, 0.3) is 0 Å². The van der Waals surface area contributed by atoms with Crippen LogP contribution >= 0.6 is 15.9 Å². The molecular formula is C22H25BrN2O2. The molecule has 2 amide bonds. The van der Waals surface area contributed by atoms with Crippen molar-refractivity contribution in [2.75, 3.05) is 25.0 Å². The van der Waals surface area contributed by atoms with Crippen molar-refractivity contribution in [3.8, 4) is 0 Å². The fourth-order valence-corrected chi connectivity index (χ4v) is 4.11. The highest BCUT2D eigenvalue weighted by atomic mass is 79.9. The van der Waals surface area contributed by atoms with E-state index >= 15 is 0 Å². The lowest BCUT2D eigenvalue weighted by Crippen LogP contribution is -2.46. The van der Waals surface area contributed by atoms with Crippen LogP contribution in [0.15, 0.2) is 46.9 Å². The first-order valence-electron chi connectivity index (χ1n) is 9.26. The molecule has 0 aromatic heterocycles. The van der Waals surface area contributed by atoms with Crippen LogP contribution in [0.5, 0.6) is 0 Å². The SMILES string of the molecule is Cc1ccc(C(=O)N2CCCC(C(=O)N(C)c3ccc(Br)cc3C)C2)cc1. The molecule has 1 saturated heterocycles. The summed E-state index contributed by atoms with van der Waals surface area (Å²) in [5, 5.41) is 0. The summed E-state index contributed by atoms with van der Waals surface area (Å²) in [4.78, 5) is 29.4. The molecule has 142 valence electrons. The summed E-state index contributed by atoms with van der Waals surface area (Å²) < 4.78 is 0.997. The molecule has 5 heteroatoms. The molecule has 3 rings (SSSR count). The molecule has 1 atom stereocenters. The lowest BCUT2D eigenvalue weighted by molar-refractivity contribution is -0.123. The Hall–Kier alpha value is -2.14. The summed E-state index contributed by atoms with van der Waals surface area (Å²) >= 11 is 3.46. The highest BCUT2D eigenvalue weighted by Gasteiger charge is 2.31. The molecule has 27 heavy (non-hydrogen) atoms. The van der Waals surface area contributed by atoms with E-state index in [9.17, 15) is 9.59 Å². The lowest BCUT2D eigenvalue weighted by atomic mass is 9.95. The Bertz CT molecular complexity index is 848. The molecule has 4 nitrogen and oxygen atoms in total. The topological polar surface area (TPSA) is 40.6 Å². The number of halogens is 1. The second kappa shape index (κ2) is 8.26. The quantitative estimate of drug-likeness (QED) is 0.717. The lowest BCUT2D eigenvalue weighted by Gasteiger charge is -2.34. The molecule has 0 aliphatic carbocycles. The van der Waals surface area contributed by atoms with Gasteiger partial charge in [-0.05, 0) is 62.6 Å². The predicted octanol–water partition coefficient (Wildman–Crippen LogP) is 4.58. The standard InChI is InChI=1S/C22H25BrN2O2/c1-15-6-8-17(9-7-15)22(27)25-12-4-5-18(14-25)21(26)24(3)20-11-10-19(23)13-16(20)2/h6-11,13,18H,4-5,12,14H2,1-3H3. The maximum atomic E-state index is 13.1. The molecule has 1 heterocycles. The second-order valence-electron chi connectivity index (χ2n) is 7.28. The molecule has 2 aromatic rings. The second-order valence-corrected chi connectivity index (χ2v) is 8.20. The number of rotatable bonds is 3. The Morgan fingerprint density at radius 1 is 1.11 bits per heavy atom. The van der Waals surface area contributed by atoms with Gasteiger partial charge < -0.3 is 9.80 Å². The summed E-state index contributed by atoms with van der Waals surface area (Å²) in [7, 11) is 1.82. The number of hydrogen-bond donors (Lipinski definition) is 0. The van der Waals surface area contributed by atoms with Crippen LogP contribution in [0.1, 0.15) is 34.3 Å². The Morgan fingerprint density at radius 2 is 1.81 bits per heavy atom. The van der Waals surface area contributed by atoms with Gasteiger partial charge in [-0.2, -0.15) is 0 Å². The average molecular weight is 429 g/mol. The number of nitrogens with zero attached hydrogens (tertiary/aromatic N) is 2. The first kappa shape index (κ1) is 19.6. The minimum atomic E-state index is -0.166. The fourth-order valence-electron chi connectivity index (χ4n) is 3.63. The number of carbonyl (C=O) groups excluding carboxylic acids is 2. The predicted molar refractivity (Wildman–Crippen MR) is 112 cm³/mol. The summed E-state index contributed by atoms with van der Waals surface area (Å²) in [6.45, 7) is 5.19. The molecule has 1 unspecified atom stereocenters. The number of amides is 2. The molecule has 0 saturated carbocycles. The van der Waals surface area contributed by atoms with E-state index in [-0.39, 0.29) is 17.7 Å². The van der Waals surface area contributed by atoms with Gasteiger partial charge in [-0.3, -0.25) is 9.59 Å². The zero-order valence-electron chi connectivity index (χ0n) is 16.0. The van der Waals surface area contributed by atoms with Gasteiger partial charge in [-0.1, -0.05) is 33.6 Å². The van der Waals surface area contributed by atoms with Crippen LogP contribution in [0.3, 0.4) is 0 Å². The number of anilines is 1. The van der Waals surface area contributed by atoms with Crippen LogP contribution in [0.2, 0.25) is 0 Å². The maximum Gasteiger partial charge on any atom is 0.253 e. The normalized spacial score (nSPS) is 16.9. The highest BCUT2D eigenvalue weighted by molar-refractivity contribution is 9.10. The summed E-state index contributed by atoms with van der Waals surface area (Å²) in [5.41, 5.74) is 3.77. The van der Waals surface area contributed by atoms with E-state index in [1.165, 1.54) is 0 Å². The Morgan fingerprint density at radius 3 is 2.48 bits per heavy atom. The molecule has 0 bridgehead atoms. The highest BCUT2D eigenvalue weighted by Crippen LogP contribution is 2.27. The van der Waals surface area contributed by atoms with Gasteiger partial charge in [0.1, 0.15) is 0 Å². The van der Waals surface area contributed by atoms with E-state index in [1.807, 2.05) is 68.3 Å². The average Bonchev–Trinajstić information content (AvgIpc) is 2.67. The van der Waals surface area contributed by atoms with Crippen molar-refractivity contribution >= 4 is 33.4 Å². The maximum absolute atomic E-state index is 13.1. The van der Waals surface area contributed by atoms with Crippen molar-refractivity contribution in [3.05, 3.63) is 63.6 Å². The van der Waals surface area contributed by atoms with Gasteiger partial charge in [0, 0.05) is 35.9 Å². The number of likely N-dealkylation sites (tertiary alicyclic amines) is 1. The third kappa shape index (κ3) is 4.41. The van der Waals surface area contributed by atoms with Crippen molar-refractivity contribution in [2.24, 2.45) is 5.92 Å². The number of benzene rings is 2. The molecular weight excluding hydrogens is 404 g/mol. The van der Waals surface area contributed by atoms with Crippen molar-refractivity contribution in [2.45, 2.75) is 26.7 Å². The zero-order valence-corrected chi connectivity index (χ0v) is 17.6. The summed E-state index contributed by atoms with van der Waals surface area (Å²) in [6.07, 6.45) is 1.66. The number of carbonyl (C=O) groups is 2. The fraction of sp³-hybridized carbons (Fsp3) is 0.364. The van der Waals surface area contributed by atoms with Gasteiger partial charge in [-0.25, -0.2) is 0 Å². The Balaban J connectivity index is 1.72. The smallest absolute Gasteiger partial charge is 0.253 e. The molecule has 1 fully saturated rings. The van der Waals surface area contributed by atoms with Gasteiger partial charge in [0.2, 0.25) is 5.91 Å². The molecule has 0 N–H and O–H groups in total. The molecule has 1 aliphatic heterocycles. The first-order valence-corrected chi connectivity index (χ1v) is 10.1. The number of hydrogen-bond acceptors (Lipinski definition) is 2. The van der Waals surface area contributed by atoms with Gasteiger partial charge in [0.25, 0.3) is 5.91 Å². The van der Waals surface area contributed by atoms with Crippen molar-refractivity contribution in [1.82, 2.24) is 4.90 Å². The number of piperidine rings is 1. The Labute approximate surface area is 169 Å². The Kier molecular flexibility index (Phi) is 6.00. The van der Waals surface area contributed by atoms with Gasteiger partial charge >= 0.3 is 0 Å². The summed E-state index contributed by atoms with van der Waals surface area (Å²) in [5.74, 6) is -0.0852.